The number of benzene rings is 2. The van der Waals surface area contributed by atoms with Gasteiger partial charge >= 0.3 is 0 Å². The monoisotopic (exact) mass is 499 g/mol. The molecule has 8 nitrogen and oxygen atoms in total. The summed E-state index contributed by atoms with van der Waals surface area (Å²) in [5.74, 6) is 2.83. The molecule has 0 radical (unpaired) electrons. The van der Waals surface area contributed by atoms with Gasteiger partial charge in [-0.15, -0.1) is 0 Å². The molecule has 2 heterocycles. The summed E-state index contributed by atoms with van der Waals surface area (Å²) in [6, 6.07) is 8.00. The molecule has 3 aromatic rings. The van der Waals surface area contributed by atoms with Gasteiger partial charge in [0, 0.05) is 17.5 Å². The van der Waals surface area contributed by atoms with Crippen molar-refractivity contribution in [2.75, 3.05) is 32.3 Å². The number of aromatic nitrogens is 1. The zero-order chi connectivity index (χ0) is 25.2. The molecule has 9 heteroatoms. The quantitative estimate of drug-likeness (QED) is 0.356. The number of nitrogens with zero attached hydrogens (tertiary/aromatic N) is 1. The lowest BCUT2D eigenvalue weighted by Crippen LogP contribution is -2.37. The average Bonchev–Trinajstić information content (AvgIpc) is 3.16. The maximum atomic E-state index is 10.5. The fraction of sp³-hybridized carbons (Fsp3) is 0.423. The molecular weight excluding hydrogens is 466 g/mol. The maximum absolute atomic E-state index is 10.5. The van der Waals surface area contributed by atoms with Crippen molar-refractivity contribution >= 4 is 22.3 Å². The Morgan fingerprint density at radius 1 is 1.14 bits per heavy atom. The second-order valence-electron chi connectivity index (χ2n) is 9.03. The van der Waals surface area contributed by atoms with Gasteiger partial charge in [-0.2, -0.15) is 0 Å². The molecule has 0 amide bonds. The molecule has 35 heavy (non-hydrogen) atoms. The van der Waals surface area contributed by atoms with Crippen molar-refractivity contribution in [1.82, 2.24) is 4.98 Å². The summed E-state index contributed by atoms with van der Waals surface area (Å²) in [6.07, 6.45) is 3.99. The van der Waals surface area contributed by atoms with Crippen LogP contribution in [0.25, 0.3) is 0 Å². The molecule has 0 aliphatic carbocycles. The van der Waals surface area contributed by atoms with E-state index in [9.17, 15) is 5.11 Å². The number of thiazole rings is 1. The van der Waals surface area contributed by atoms with Crippen LogP contribution < -0.4 is 30.4 Å². The van der Waals surface area contributed by atoms with E-state index in [4.69, 9.17) is 30.4 Å². The zero-order valence-corrected chi connectivity index (χ0v) is 21.5. The highest BCUT2D eigenvalue weighted by Crippen LogP contribution is 2.52. The van der Waals surface area contributed by atoms with E-state index in [1.165, 1.54) is 18.4 Å². The van der Waals surface area contributed by atoms with Gasteiger partial charge in [-0.25, -0.2) is 4.98 Å². The number of nitrogen functional groups attached to an aromatic ring is 2. The number of ether oxygens (including phenoxy) is 4. The van der Waals surface area contributed by atoms with E-state index < -0.39 is 0 Å². The number of nitrogens with two attached hydrogens (primary N) is 2. The molecule has 1 unspecified atom stereocenters. The molecule has 2 aromatic carbocycles. The minimum absolute atomic E-state index is 0.106. The first-order chi connectivity index (χ1) is 16.7. The topological polar surface area (TPSA) is 122 Å². The molecule has 0 fully saturated rings. The lowest BCUT2D eigenvalue weighted by molar-refractivity contribution is 0.0461. The van der Waals surface area contributed by atoms with Crippen LogP contribution in [0, 0.1) is 6.92 Å². The van der Waals surface area contributed by atoms with E-state index in [1.807, 2.05) is 31.2 Å². The van der Waals surface area contributed by atoms with Crippen molar-refractivity contribution in [3.8, 4) is 28.7 Å². The normalized spacial score (nSPS) is 16.9. The van der Waals surface area contributed by atoms with Crippen LogP contribution in [0.15, 0.2) is 24.3 Å². The molecular formula is C26H33N3O5S. The predicted molar refractivity (Wildman–Crippen MR) is 138 cm³/mol. The first-order valence-electron chi connectivity index (χ1n) is 11.6. The van der Waals surface area contributed by atoms with Gasteiger partial charge in [0.2, 0.25) is 11.5 Å². The van der Waals surface area contributed by atoms with Crippen LogP contribution in [0.1, 0.15) is 47.8 Å². The van der Waals surface area contributed by atoms with Crippen molar-refractivity contribution in [3.63, 3.8) is 0 Å². The highest BCUT2D eigenvalue weighted by atomic mass is 32.1. The minimum atomic E-state index is -0.363. The number of hydrogen-bond donors (Lipinski definition) is 3. The van der Waals surface area contributed by atoms with Crippen LogP contribution in [-0.4, -0.2) is 36.5 Å². The van der Waals surface area contributed by atoms with Gasteiger partial charge < -0.3 is 35.5 Å². The summed E-state index contributed by atoms with van der Waals surface area (Å²) in [4.78, 5) is 5.04. The largest absolute Gasteiger partial charge is 0.504 e. The number of phenolic OH excluding ortho intramolecular Hbond substituents is 1. The molecule has 1 aliphatic heterocycles. The molecule has 0 bridgehead atoms. The number of phenols is 1. The summed E-state index contributed by atoms with van der Waals surface area (Å²) >= 11 is 1.42. The standard InChI is InChI=1S/C26H33N3O5S/c1-15-18-10-12-26(2,34-21(18)23(32-4)22(31-3)20(15)30)11-5-13-33-17-8-6-16(7-9-17)14-19-24(27)29-25(28)35-19/h6-9,30H,5,10-14,27H2,1-4H3,(H2,28,29). The highest BCUT2D eigenvalue weighted by molar-refractivity contribution is 7.15. The predicted octanol–water partition coefficient (Wildman–Crippen LogP) is 4.87. The number of fused-ring (bicyclic) bond motifs is 1. The molecule has 0 saturated heterocycles. The van der Waals surface area contributed by atoms with Gasteiger partial charge in [-0.05, 0) is 57.2 Å². The van der Waals surface area contributed by atoms with E-state index in [1.54, 1.807) is 7.11 Å². The highest BCUT2D eigenvalue weighted by Gasteiger charge is 2.36. The van der Waals surface area contributed by atoms with E-state index in [0.29, 0.717) is 41.2 Å². The third-order valence-electron chi connectivity index (χ3n) is 6.52. The van der Waals surface area contributed by atoms with Crippen molar-refractivity contribution in [1.29, 1.82) is 0 Å². The second-order valence-corrected chi connectivity index (χ2v) is 10.1. The van der Waals surface area contributed by atoms with Gasteiger partial charge in [0.1, 0.15) is 17.2 Å². The summed E-state index contributed by atoms with van der Waals surface area (Å²) < 4.78 is 23.4. The molecule has 0 spiro atoms. The summed E-state index contributed by atoms with van der Waals surface area (Å²) in [5.41, 5.74) is 14.1. The van der Waals surface area contributed by atoms with Crippen molar-refractivity contribution in [3.05, 3.63) is 45.8 Å². The van der Waals surface area contributed by atoms with Crippen LogP contribution >= 0.6 is 11.3 Å². The number of rotatable bonds is 9. The van der Waals surface area contributed by atoms with Gasteiger partial charge in [0.15, 0.2) is 16.6 Å². The van der Waals surface area contributed by atoms with E-state index in [0.717, 1.165) is 53.0 Å². The van der Waals surface area contributed by atoms with Crippen LogP contribution in [0.5, 0.6) is 28.7 Å². The lowest BCUT2D eigenvalue weighted by Gasteiger charge is -2.37. The van der Waals surface area contributed by atoms with Gasteiger partial charge in [-0.3, -0.25) is 0 Å². The van der Waals surface area contributed by atoms with E-state index in [2.05, 4.69) is 11.9 Å². The Bertz CT molecular complexity index is 1190. The van der Waals surface area contributed by atoms with Crippen molar-refractivity contribution in [2.45, 2.75) is 51.6 Å². The maximum Gasteiger partial charge on any atom is 0.207 e. The Morgan fingerprint density at radius 2 is 1.86 bits per heavy atom. The number of anilines is 2. The van der Waals surface area contributed by atoms with Crippen LogP contribution in [0.4, 0.5) is 10.9 Å². The zero-order valence-electron chi connectivity index (χ0n) is 20.6. The molecule has 1 aromatic heterocycles. The average molecular weight is 500 g/mol. The third kappa shape index (κ3) is 5.19. The molecule has 188 valence electrons. The Kier molecular flexibility index (Phi) is 7.16. The molecule has 0 saturated carbocycles. The van der Waals surface area contributed by atoms with Gasteiger partial charge in [0.05, 0.1) is 25.7 Å². The Labute approximate surface area is 209 Å². The first-order valence-corrected chi connectivity index (χ1v) is 12.4. The minimum Gasteiger partial charge on any atom is -0.504 e. The van der Waals surface area contributed by atoms with E-state index >= 15 is 0 Å². The molecule has 4 rings (SSSR count). The van der Waals surface area contributed by atoms with Crippen LogP contribution in [0.2, 0.25) is 0 Å². The summed E-state index contributed by atoms with van der Waals surface area (Å²) in [7, 11) is 3.07. The number of methoxy groups -OCH3 is 2. The van der Waals surface area contributed by atoms with Gasteiger partial charge in [0.25, 0.3) is 0 Å². The summed E-state index contributed by atoms with van der Waals surface area (Å²) in [5, 5.41) is 11.0. The Balaban J connectivity index is 1.33. The molecule has 1 atom stereocenters. The van der Waals surface area contributed by atoms with Gasteiger partial charge in [-0.1, -0.05) is 23.5 Å². The second kappa shape index (κ2) is 10.1. The van der Waals surface area contributed by atoms with Crippen LogP contribution in [0.3, 0.4) is 0 Å². The fourth-order valence-corrected chi connectivity index (χ4v) is 5.30. The fourth-order valence-electron chi connectivity index (χ4n) is 4.51. The number of aromatic hydroxyl groups is 1. The van der Waals surface area contributed by atoms with Crippen LogP contribution in [-0.2, 0) is 12.8 Å². The third-order valence-corrected chi connectivity index (χ3v) is 7.42. The SMILES string of the molecule is COc1c(O)c(C)c2c(c1OC)OC(C)(CCCOc1ccc(Cc3sc(N)nc3N)cc1)CC2. The Morgan fingerprint density at radius 3 is 2.49 bits per heavy atom. The van der Waals surface area contributed by atoms with Crippen molar-refractivity contribution in [2.24, 2.45) is 0 Å². The summed E-state index contributed by atoms with van der Waals surface area (Å²) in [6.45, 7) is 4.57. The smallest absolute Gasteiger partial charge is 0.207 e. The molecule has 5 N–H and O–H groups in total. The number of hydrogen-bond acceptors (Lipinski definition) is 9. The van der Waals surface area contributed by atoms with E-state index in [-0.39, 0.29) is 11.4 Å². The van der Waals surface area contributed by atoms with Crippen molar-refractivity contribution < 1.29 is 24.1 Å². The Hall–Kier alpha value is -3.33. The molecule has 1 aliphatic rings. The first kappa shape index (κ1) is 24.8. The lowest BCUT2D eigenvalue weighted by atomic mass is 9.87.